The van der Waals surface area contributed by atoms with Crippen LogP contribution in [0.5, 0.6) is 0 Å². The lowest BCUT2D eigenvalue weighted by atomic mass is 10.0. The molecule has 5 aromatic rings. The fourth-order valence-corrected chi connectivity index (χ4v) is 5.07. The van der Waals surface area contributed by atoms with Gasteiger partial charge in [0, 0.05) is 28.6 Å². The van der Waals surface area contributed by atoms with E-state index in [0.717, 1.165) is 16.7 Å². The van der Waals surface area contributed by atoms with E-state index in [9.17, 15) is 9.59 Å². The molecule has 0 bridgehead atoms. The molecule has 10 nitrogen and oxygen atoms in total. The number of aryl methyl sites for hydroxylation is 1. The van der Waals surface area contributed by atoms with Crippen LogP contribution in [-0.4, -0.2) is 49.1 Å². The molecule has 1 amide bonds. The summed E-state index contributed by atoms with van der Waals surface area (Å²) in [7, 11) is 0. The zero-order chi connectivity index (χ0) is 30.9. The zero-order valence-electron chi connectivity index (χ0n) is 23.8. The van der Waals surface area contributed by atoms with Crippen LogP contribution in [0.4, 0.5) is 0 Å². The first kappa shape index (κ1) is 30.7. The van der Waals surface area contributed by atoms with E-state index in [-0.39, 0.29) is 11.9 Å². The summed E-state index contributed by atoms with van der Waals surface area (Å²) >= 11 is 12.8. The van der Waals surface area contributed by atoms with Crippen LogP contribution >= 0.6 is 23.2 Å². The predicted molar refractivity (Wildman–Crippen MR) is 169 cm³/mol. The van der Waals surface area contributed by atoms with Crippen LogP contribution in [0.15, 0.2) is 78.9 Å². The molecule has 0 fully saturated rings. The molecular weight excluding hydrogens is 601 g/mol. The number of rotatable bonds is 12. The first-order valence-corrected chi connectivity index (χ1v) is 14.7. The SMILES string of the molecule is CCOC(=O)CCc1ccc(-c2nc([C@H](Cc3ccccc3)NC(=O)C=Cc3cc(Cl)ccc3-c3nn[nH]n3)[nH]c2Cl)cc1. The van der Waals surface area contributed by atoms with Crippen LogP contribution in [0.3, 0.4) is 0 Å². The highest BCUT2D eigenvalue weighted by Crippen LogP contribution is 2.29. The van der Waals surface area contributed by atoms with Gasteiger partial charge in [-0.05, 0) is 65.9 Å². The minimum Gasteiger partial charge on any atom is -0.466 e. The summed E-state index contributed by atoms with van der Waals surface area (Å²) in [6.07, 6.45) is 4.43. The second-order valence-electron chi connectivity index (χ2n) is 9.84. The van der Waals surface area contributed by atoms with Crippen molar-refractivity contribution in [3.8, 4) is 22.6 Å². The number of hydrogen-bond acceptors (Lipinski definition) is 7. The summed E-state index contributed by atoms with van der Waals surface area (Å²) in [6, 6.07) is 22.2. The van der Waals surface area contributed by atoms with E-state index in [1.807, 2.05) is 54.6 Å². The molecule has 0 saturated heterocycles. The molecule has 2 aromatic heterocycles. The number of halogens is 2. The monoisotopic (exact) mass is 629 g/mol. The molecule has 1 atom stereocenters. The minimum atomic E-state index is -0.513. The van der Waals surface area contributed by atoms with E-state index in [2.05, 4.69) is 30.9 Å². The van der Waals surface area contributed by atoms with Gasteiger partial charge in [-0.3, -0.25) is 9.59 Å². The Balaban J connectivity index is 1.36. The Bertz CT molecular complexity index is 1740. The van der Waals surface area contributed by atoms with E-state index in [1.54, 1.807) is 31.2 Å². The maximum absolute atomic E-state index is 13.2. The summed E-state index contributed by atoms with van der Waals surface area (Å²) in [5, 5.41) is 18.0. The molecule has 44 heavy (non-hydrogen) atoms. The van der Waals surface area contributed by atoms with Gasteiger partial charge in [0.05, 0.1) is 12.6 Å². The number of ether oxygens (including phenoxy) is 1. The number of imidazole rings is 1. The fourth-order valence-electron chi connectivity index (χ4n) is 4.64. The summed E-state index contributed by atoms with van der Waals surface area (Å²) < 4.78 is 5.01. The topological polar surface area (TPSA) is 139 Å². The van der Waals surface area contributed by atoms with Gasteiger partial charge in [0.1, 0.15) is 16.7 Å². The summed E-state index contributed by atoms with van der Waals surface area (Å²) in [5.74, 6) is 0.327. The number of amides is 1. The Morgan fingerprint density at radius 3 is 2.55 bits per heavy atom. The smallest absolute Gasteiger partial charge is 0.306 e. The number of nitrogens with zero attached hydrogens (tertiary/aromatic N) is 4. The number of H-pyrrole nitrogens is 2. The molecule has 0 unspecified atom stereocenters. The van der Waals surface area contributed by atoms with Crippen LogP contribution in [0.2, 0.25) is 10.2 Å². The van der Waals surface area contributed by atoms with E-state index in [4.69, 9.17) is 32.9 Å². The highest BCUT2D eigenvalue weighted by atomic mass is 35.5. The lowest BCUT2D eigenvalue weighted by molar-refractivity contribution is -0.143. The third-order valence-electron chi connectivity index (χ3n) is 6.77. The molecule has 0 radical (unpaired) electrons. The van der Waals surface area contributed by atoms with Gasteiger partial charge in [0.2, 0.25) is 11.7 Å². The van der Waals surface area contributed by atoms with Gasteiger partial charge in [-0.1, -0.05) is 77.8 Å². The van der Waals surface area contributed by atoms with Crippen molar-refractivity contribution >= 4 is 41.2 Å². The summed E-state index contributed by atoms with van der Waals surface area (Å²) in [6.45, 7) is 2.15. The van der Waals surface area contributed by atoms with Crippen LogP contribution in [0.1, 0.15) is 41.9 Å². The third kappa shape index (κ3) is 7.97. The maximum atomic E-state index is 13.2. The van der Waals surface area contributed by atoms with Crippen LogP contribution in [0, 0.1) is 0 Å². The van der Waals surface area contributed by atoms with Gasteiger partial charge in [-0.25, -0.2) is 4.98 Å². The number of nitrogens with one attached hydrogen (secondary N) is 3. The molecule has 0 aliphatic heterocycles. The number of aromatic amines is 2. The van der Waals surface area contributed by atoms with Crippen LogP contribution in [-0.2, 0) is 27.2 Å². The van der Waals surface area contributed by atoms with Crippen LogP contribution in [0.25, 0.3) is 28.7 Å². The first-order valence-electron chi connectivity index (χ1n) is 14.0. The van der Waals surface area contributed by atoms with E-state index >= 15 is 0 Å². The lowest BCUT2D eigenvalue weighted by Gasteiger charge is -2.16. The van der Waals surface area contributed by atoms with E-state index < -0.39 is 6.04 Å². The lowest BCUT2D eigenvalue weighted by Crippen LogP contribution is -2.29. The number of carbonyl (C=O) groups is 2. The van der Waals surface area contributed by atoms with Crippen molar-refractivity contribution < 1.29 is 14.3 Å². The molecule has 0 saturated carbocycles. The van der Waals surface area contributed by atoms with Crippen molar-refractivity contribution in [2.24, 2.45) is 0 Å². The summed E-state index contributed by atoms with van der Waals surface area (Å²) in [5.41, 5.74) is 4.69. The second kappa shape index (κ2) is 14.6. The molecular formula is C32H29Cl2N7O3. The Morgan fingerprint density at radius 1 is 1.02 bits per heavy atom. The van der Waals surface area contributed by atoms with Gasteiger partial charge in [0.15, 0.2) is 0 Å². The van der Waals surface area contributed by atoms with E-state index in [1.165, 1.54) is 6.08 Å². The third-order valence-corrected chi connectivity index (χ3v) is 7.28. The minimum absolute atomic E-state index is 0.224. The van der Waals surface area contributed by atoms with E-state index in [0.29, 0.717) is 64.5 Å². The van der Waals surface area contributed by atoms with Gasteiger partial charge in [-0.15, -0.1) is 10.2 Å². The number of hydrogen-bond donors (Lipinski definition) is 3. The Morgan fingerprint density at radius 2 is 1.82 bits per heavy atom. The molecule has 3 aromatic carbocycles. The van der Waals surface area contributed by atoms with Crippen molar-refractivity contribution in [2.45, 2.75) is 32.2 Å². The molecule has 2 heterocycles. The van der Waals surface area contributed by atoms with Crippen molar-refractivity contribution in [2.75, 3.05) is 6.61 Å². The fraction of sp³-hybridized carbons (Fsp3) is 0.188. The number of tetrazole rings is 1. The number of benzene rings is 3. The summed E-state index contributed by atoms with van der Waals surface area (Å²) in [4.78, 5) is 32.9. The van der Waals surface area contributed by atoms with Gasteiger partial charge >= 0.3 is 5.97 Å². The van der Waals surface area contributed by atoms with Crippen molar-refractivity contribution in [1.82, 2.24) is 35.9 Å². The second-order valence-corrected chi connectivity index (χ2v) is 10.7. The van der Waals surface area contributed by atoms with Crippen molar-refractivity contribution in [3.05, 3.63) is 112 Å². The highest BCUT2D eigenvalue weighted by Gasteiger charge is 2.21. The maximum Gasteiger partial charge on any atom is 0.306 e. The molecule has 0 aliphatic rings. The molecule has 0 spiro atoms. The van der Waals surface area contributed by atoms with Crippen LogP contribution < -0.4 is 5.32 Å². The standard InChI is InChI=1S/C32H29Cl2N7O3/c1-2-44-28(43)17-10-20-8-11-22(12-9-20)29-30(34)37-32(36-29)26(18-21-6-4-3-5-7-21)35-27(42)16-13-23-19-24(33)14-15-25(23)31-38-40-41-39-31/h3-9,11-16,19,26H,2,10,17-18H2,1H3,(H,35,42)(H,36,37)(H,38,39,40,41)/t26-/m0/s1. The molecule has 5 rings (SSSR count). The van der Waals surface area contributed by atoms with Gasteiger partial charge in [-0.2, -0.15) is 5.21 Å². The van der Waals surface area contributed by atoms with Gasteiger partial charge < -0.3 is 15.0 Å². The van der Waals surface area contributed by atoms with Crippen molar-refractivity contribution in [3.63, 3.8) is 0 Å². The van der Waals surface area contributed by atoms with Gasteiger partial charge in [0.25, 0.3) is 0 Å². The molecule has 224 valence electrons. The quantitative estimate of drug-likeness (QED) is 0.111. The normalized spacial score (nSPS) is 11.9. The number of aromatic nitrogens is 6. The van der Waals surface area contributed by atoms with Crippen molar-refractivity contribution in [1.29, 1.82) is 0 Å². The number of esters is 1. The largest absolute Gasteiger partial charge is 0.466 e. The first-order chi connectivity index (χ1) is 21.4. The predicted octanol–water partition coefficient (Wildman–Crippen LogP) is 6.17. The Labute approximate surface area is 263 Å². The Hall–Kier alpha value is -4.80. The zero-order valence-corrected chi connectivity index (χ0v) is 25.3. The average molecular weight is 631 g/mol. The molecule has 0 aliphatic carbocycles. The number of carbonyl (C=O) groups excluding carboxylic acids is 2. The highest BCUT2D eigenvalue weighted by molar-refractivity contribution is 6.32. The average Bonchev–Trinajstić information content (AvgIpc) is 3.70. The molecule has 12 heteroatoms. The Kier molecular flexibility index (Phi) is 10.2. The molecule has 3 N–H and O–H groups in total.